The minimum Gasteiger partial charge on any atom is -0.503 e. The lowest BCUT2D eigenvalue weighted by Crippen LogP contribution is -2.27. The number of carbonyl (C=O) groups is 2. The highest BCUT2D eigenvalue weighted by Crippen LogP contribution is 2.35. The second-order valence-electron chi connectivity index (χ2n) is 5.88. The number of rotatable bonds is 4. The van der Waals surface area contributed by atoms with Crippen LogP contribution in [0.5, 0.6) is 5.75 Å². The van der Waals surface area contributed by atoms with Gasteiger partial charge in [-0.3, -0.25) is 14.5 Å². The predicted molar refractivity (Wildman–Crippen MR) is 97.3 cm³/mol. The van der Waals surface area contributed by atoms with Gasteiger partial charge in [-0.1, -0.05) is 12.1 Å². The number of nitrogens with two attached hydrogens (primary N) is 1. The lowest BCUT2D eigenvalue weighted by molar-refractivity contribution is -0.123. The summed E-state index contributed by atoms with van der Waals surface area (Å²) in [6, 6.07) is 5.49. The summed E-state index contributed by atoms with van der Waals surface area (Å²) in [5.41, 5.74) is -0.609. The van der Waals surface area contributed by atoms with E-state index in [0.717, 1.165) is 4.90 Å². The minimum absolute atomic E-state index is 0.219. The van der Waals surface area contributed by atoms with Crippen molar-refractivity contribution in [2.45, 2.75) is 11.4 Å². The Kier molecular flexibility index (Phi) is 5.43. The average molecular weight is 444 g/mol. The quantitative estimate of drug-likeness (QED) is 0.701. The van der Waals surface area contributed by atoms with Gasteiger partial charge >= 0.3 is 0 Å². The number of primary sulfonamides is 1. The summed E-state index contributed by atoms with van der Waals surface area (Å²) in [7, 11) is -4.00. The highest BCUT2D eigenvalue weighted by atomic mass is 32.2. The lowest BCUT2D eigenvalue weighted by atomic mass is 10.1. The van der Waals surface area contributed by atoms with Crippen molar-refractivity contribution in [3.63, 3.8) is 0 Å². The SMILES string of the molecule is NS(=O)(=O)c1cccc(CN2C(=O)S/C(=C\c3c(F)cc(F)c(O)c3F)C2=O)c1. The second kappa shape index (κ2) is 7.54. The van der Waals surface area contributed by atoms with Gasteiger partial charge in [0.1, 0.15) is 5.82 Å². The molecule has 0 atom stereocenters. The number of thioether (sulfide) groups is 1. The molecule has 1 fully saturated rings. The molecular weight excluding hydrogens is 433 g/mol. The second-order valence-corrected chi connectivity index (χ2v) is 8.43. The van der Waals surface area contributed by atoms with Crippen LogP contribution in [0.3, 0.4) is 0 Å². The summed E-state index contributed by atoms with van der Waals surface area (Å²) in [6.45, 7) is -0.314. The highest BCUT2D eigenvalue weighted by molar-refractivity contribution is 8.18. The molecular formula is C17H11F3N2O5S2. The average Bonchev–Trinajstić information content (AvgIpc) is 2.90. The van der Waals surface area contributed by atoms with Crippen LogP contribution in [0.4, 0.5) is 18.0 Å². The van der Waals surface area contributed by atoms with E-state index in [1.54, 1.807) is 0 Å². The third kappa shape index (κ3) is 4.13. The largest absolute Gasteiger partial charge is 0.503 e. The van der Waals surface area contributed by atoms with Gasteiger partial charge in [0.15, 0.2) is 17.4 Å². The maximum absolute atomic E-state index is 13.9. The number of imide groups is 1. The van der Waals surface area contributed by atoms with Gasteiger partial charge < -0.3 is 5.11 Å². The van der Waals surface area contributed by atoms with Crippen LogP contribution in [0, 0.1) is 17.5 Å². The normalized spacial score (nSPS) is 16.1. The number of carbonyl (C=O) groups excluding carboxylic acids is 2. The highest BCUT2D eigenvalue weighted by Gasteiger charge is 2.35. The number of nitrogens with zero attached hydrogens (tertiary/aromatic N) is 1. The van der Waals surface area contributed by atoms with E-state index in [2.05, 4.69) is 0 Å². The first-order chi connectivity index (χ1) is 13.5. The number of phenols is 1. The fraction of sp³-hybridized carbons (Fsp3) is 0.0588. The molecule has 29 heavy (non-hydrogen) atoms. The molecule has 1 aliphatic rings. The van der Waals surface area contributed by atoms with E-state index in [1.165, 1.54) is 24.3 Å². The summed E-state index contributed by atoms with van der Waals surface area (Å²) >= 11 is 0.380. The van der Waals surface area contributed by atoms with Gasteiger partial charge in [-0.2, -0.15) is 0 Å². The van der Waals surface area contributed by atoms with Crippen molar-refractivity contribution in [2.75, 3.05) is 0 Å². The van der Waals surface area contributed by atoms with Gasteiger partial charge in [0.05, 0.1) is 21.9 Å². The molecule has 0 aliphatic carbocycles. The fourth-order valence-corrected chi connectivity index (χ4v) is 3.90. The van der Waals surface area contributed by atoms with Crippen LogP contribution in [0.2, 0.25) is 0 Å². The van der Waals surface area contributed by atoms with Crippen LogP contribution in [0.15, 0.2) is 40.1 Å². The van der Waals surface area contributed by atoms with E-state index in [4.69, 9.17) is 5.14 Å². The Labute approximate surface area is 166 Å². The van der Waals surface area contributed by atoms with E-state index < -0.39 is 49.9 Å². The molecule has 0 saturated carbocycles. The van der Waals surface area contributed by atoms with Crippen LogP contribution in [0.1, 0.15) is 11.1 Å². The van der Waals surface area contributed by atoms with E-state index in [9.17, 15) is 36.3 Å². The zero-order valence-corrected chi connectivity index (χ0v) is 15.9. The summed E-state index contributed by atoms with van der Waals surface area (Å²) in [5, 5.41) is 13.5. The molecule has 2 amide bonds. The molecule has 1 heterocycles. The number of aromatic hydroxyl groups is 1. The third-order valence-corrected chi connectivity index (χ3v) is 5.72. The van der Waals surface area contributed by atoms with Crippen LogP contribution >= 0.6 is 11.8 Å². The van der Waals surface area contributed by atoms with Crippen molar-refractivity contribution in [1.82, 2.24) is 4.90 Å². The molecule has 152 valence electrons. The summed E-state index contributed by atoms with van der Waals surface area (Å²) in [6.07, 6.45) is 0.690. The van der Waals surface area contributed by atoms with Gasteiger partial charge in [0.25, 0.3) is 11.1 Å². The molecule has 1 saturated heterocycles. The molecule has 0 bridgehead atoms. The molecule has 12 heteroatoms. The number of amides is 2. The van der Waals surface area contributed by atoms with Crippen molar-refractivity contribution in [1.29, 1.82) is 0 Å². The van der Waals surface area contributed by atoms with Crippen molar-refractivity contribution in [3.8, 4) is 5.75 Å². The molecule has 0 radical (unpaired) electrons. The third-order valence-electron chi connectivity index (χ3n) is 3.90. The Hall–Kier alpha value is -2.83. The number of hydrogen-bond acceptors (Lipinski definition) is 6. The Morgan fingerprint density at radius 1 is 1.14 bits per heavy atom. The van der Waals surface area contributed by atoms with E-state index >= 15 is 0 Å². The summed E-state index contributed by atoms with van der Waals surface area (Å²) in [5.74, 6) is -6.82. The van der Waals surface area contributed by atoms with Gasteiger partial charge in [-0.15, -0.1) is 0 Å². The van der Waals surface area contributed by atoms with E-state index in [-0.39, 0.29) is 28.0 Å². The Morgan fingerprint density at radius 2 is 1.83 bits per heavy atom. The maximum Gasteiger partial charge on any atom is 0.293 e. The maximum atomic E-state index is 13.9. The summed E-state index contributed by atoms with van der Waals surface area (Å²) < 4.78 is 63.8. The predicted octanol–water partition coefficient (Wildman–Crippen LogP) is 2.69. The first kappa shape index (κ1) is 20.9. The molecule has 2 aromatic rings. The molecule has 7 nitrogen and oxygen atoms in total. The number of benzene rings is 2. The van der Waals surface area contributed by atoms with Gasteiger partial charge in [0.2, 0.25) is 10.0 Å². The lowest BCUT2D eigenvalue weighted by Gasteiger charge is -2.13. The zero-order valence-electron chi connectivity index (χ0n) is 14.2. The first-order valence-corrected chi connectivity index (χ1v) is 10.1. The van der Waals surface area contributed by atoms with Crippen molar-refractivity contribution < 1.29 is 36.3 Å². The minimum atomic E-state index is -4.00. The Bertz CT molecular complexity index is 1180. The van der Waals surface area contributed by atoms with Crippen LogP contribution in [-0.2, 0) is 21.4 Å². The smallest absolute Gasteiger partial charge is 0.293 e. The monoisotopic (exact) mass is 444 g/mol. The van der Waals surface area contributed by atoms with E-state index in [0.29, 0.717) is 17.8 Å². The fourth-order valence-electron chi connectivity index (χ4n) is 2.50. The standard InChI is InChI=1S/C17H11F3N2O5S2/c18-11-6-12(19)15(23)14(20)10(11)5-13-16(24)22(17(25)28-13)7-8-2-1-3-9(4-8)29(21,26)27/h1-6,23H,7H2,(H2,21,26,27)/b13-5-. The van der Waals surface area contributed by atoms with Crippen LogP contribution in [-0.4, -0.2) is 29.6 Å². The van der Waals surface area contributed by atoms with Gasteiger partial charge in [-0.25, -0.2) is 26.7 Å². The molecule has 3 N–H and O–H groups in total. The zero-order chi connectivity index (χ0) is 21.5. The van der Waals surface area contributed by atoms with Crippen LogP contribution < -0.4 is 5.14 Å². The Morgan fingerprint density at radius 3 is 2.48 bits per heavy atom. The molecule has 1 aliphatic heterocycles. The molecule has 3 rings (SSSR count). The van der Waals surface area contributed by atoms with E-state index in [1.807, 2.05) is 0 Å². The van der Waals surface area contributed by atoms with Crippen molar-refractivity contribution >= 4 is 39.0 Å². The first-order valence-electron chi connectivity index (χ1n) is 7.72. The van der Waals surface area contributed by atoms with Gasteiger partial charge in [0, 0.05) is 6.07 Å². The number of phenolic OH excluding ortho intramolecular Hbond substituents is 1. The number of sulfonamides is 1. The molecule has 0 unspecified atom stereocenters. The Balaban J connectivity index is 1.92. The van der Waals surface area contributed by atoms with Crippen molar-refractivity contribution in [3.05, 3.63) is 63.8 Å². The molecule has 2 aromatic carbocycles. The van der Waals surface area contributed by atoms with Crippen LogP contribution in [0.25, 0.3) is 6.08 Å². The summed E-state index contributed by atoms with van der Waals surface area (Å²) in [4.78, 5) is 24.8. The van der Waals surface area contributed by atoms with Gasteiger partial charge in [-0.05, 0) is 35.5 Å². The van der Waals surface area contributed by atoms with Crippen molar-refractivity contribution in [2.24, 2.45) is 5.14 Å². The topological polar surface area (TPSA) is 118 Å². The molecule has 0 spiro atoms. The molecule has 0 aromatic heterocycles. The number of halogens is 3. The number of hydrogen-bond donors (Lipinski definition) is 2.